The third-order valence-corrected chi connectivity index (χ3v) is 23.9. The Bertz CT molecular complexity index is 4580. The summed E-state index contributed by atoms with van der Waals surface area (Å²) in [5.74, 6) is -5.52. The van der Waals surface area contributed by atoms with Crippen molar-refractivity contribution in [3.63, 3.8) is 0 Å². The molecule has 0 radical (unpaired) electrons. The summed E-state index contributed by atoms with van der Waals surface area (Å²) in [6.07, 6.45) is 10.6. The maximum atomic E-state index is 14.0. The van der Waals surface area contributed by atoms with Gasteiger partial charge < -0.3 is 45.9 Å². The summed E-state index contributed by atoms with van der Waals surface area (Å²) in [7, 11) is -4.45. The van der Waals surface area contributed by atoms with E-state index in [4.69, 9.17) is 25.3 Å². The number of para-hydroxylation sites is 1. The van der Waals surface area contributed by atoms with Gasteiger partial charge in [0.2, 0.25) is 5.91 Å². The van der Waals surface area contributed by atoms with Crippen molar-refractivity contribution in [3.8, 4) is 11.1 Å². The third-order valence-electron chi connectivity index (χ3n) is 22.3. The molecule has 4 bridgehead atoms. The number of primary amides is 1. The number of aliphatic carboxylic acids is 1. The van der Waals surface area contributed by atoms with E-state index in [0.29, 0.717) is 90.5 Å². The van der Waals surface area contributed by atoms with E-state index >= 15 is 0 Å². The Hall–Kier alpha value is -9.82. The number of pyridine rings is 1. The number of nitrogens with zero attached hydrogens (tertiary/aromatic N) is 8. The number of carboxylic acids is 2. The zero-order valence-electron chi connectivity index (χ0n) is 63.5. The van der Waals surface area contributed by atoms with Crippen LogP contribution in [0.15, 0.2) is 97.2 Å². The molecule has 2 aliphatic heterocycles. The number of anilines is 2. The number of unbranched alkanes of at least 4 members (excludes halogenated alkanes) is 2. The number of nitrogens with two attached hydrogens (primary N) is 1. The zero-order chi connectivity index (χ0) is 79.6. The second-order valence-electron chi connectivity index (χ2n) is 31.8. The lowest BCUT2D eigenvalue weighted by atomic mass is 9.39. The summed E-state index contributed by atoms with van der Waals surface area (Å²) in [6.45, 7) is 11.7. The number of fused-ring (bicyclic) bond motifs is 2. The minimum absolute atomic E-state index is 0.0558. The standard InChI is InChI=1S/C80H100N12O17S2/c1-51(2)59(40-56(93)14-7-6-10-30-91-67(95)25-26-68(91)96)72(100)84-62(17-12-29-82-74(81)103)64(94)39-53-19-21-54(22-20-53)43-108-76(104)89(32-28-69(97)98)34-33-88(36-38-111(105,106)107)35-37-109-80-47-77(4)44-78(5,48-80)46-79(45-77,49-80)50-92-52(3)60(41-83-92)57-23-24-66(86-70(57)73(101)102)90-31-27-55-13-11-15-58(61(55)42-90)71(99)87-75-85-63-16-8-9-18-65(63)110-75/h8-9,11,13,15-16,18-26,41,51,59,62H,6-7,10,12,14,17,27-40,42-50H2,1-5H3,(H,84,100)(H,97,98)(H,101,102)(H3,81,82,103)(H,85,87,99)(H,105,106,107)/t59-,62-,77?,78?,79?,80?/m0/s1. The molecule has 0 spiro atoms. The SMILES string of the molecule is Cc1c(-c2ccc(N3CCc4cccc(C(=O)Nc5nc6ccccc6s5)c4C3)nc2C(=O)O)cnn1CC12CC3(C)CC(C)(C1)CC(OCCN(CCN(CCC(=O)O)C(=O)OCc1ccc(CC(=O)[C@H](CCCNC(N)=O)NC(=O)[C@@H](CC(=O)CCCCCN4C(=O)C=CC4=O)C(C)C)cc1)CCS(=O)(=O)O)(C3)C2. The van der Waals surface area contributed by atoms with Crippen LogP contribution in [0.4, 0.5) is 20.5 Å². The smallest absolute Gasteiger partial charge is 0.410 e. The van der Waals surface area contributed by atoms with Gasteiger partial charge in [-0.25, -0.2) is 24.4 Å². The molecular weight excluding hydrogens is 1470 g/mol. The first-order valence-corrected chi connectivity index (χ1v) is 40.4. The summed E-state index contributed by atoms with van der Waals surface area (Å²) in [4.78, 5) is 145. The van der Waals surface area contributed by atoms with Gasteiger partial charge in [0.15, 0.2) is 16.6 Å². The summed E-state index contributed by atoms with van der Waals surface area (Å²) in [5.41, 5.74) is 10.2. The van der Waals surface area contributed by atoms with Crippen molar-refractivity contribution in [3.05, 3.63) is 136 Å². The van der Waals surface area contributed by atoms with Crippen LogP contribution < -0.4 is 26.6 Å². The number of hydrogen-bond donors (Lipinski definition) is 7. The summed E-state index contributed by atoms with van der Waals surface area (Å²) in [6, 6.07) is 21.8. The fourth-order valence-corrected chi connectivity index (χ4v) is 19.4. The first-order chi connectivity index (χ1) is 52.7. The van der Waals surface area contributed by atoms with E-state index in [1.807, 2.05) is 72.8 Å². The minimum atomic E-state index is -4.45. The maximum Gasteiger partial charge on any atom is 0.410 e. The molecule has 4 atom stereocenters. The lowest BCUT2D eigenvalue weighted by Crippen LogP contribution is -2.64. The molecule has 2 unspecified atom stereocenters. The number of carboxylic acid groups (broad SMARTS) is 2. The van der Waals surface area contributed by atoms with E-state index in [1.54, 1.807) is 47.5 Å². The van der Waals surface area contributed by atoms with Gasteiger partial charge >= 0.3 is 24.1 Å². The Morgan fingerprint density at radius 3 is 2.21 bits per heavy atom. The average Bonchev–Trinajstić information content (AvgIpc) is 0.817. The molecule has 12 rings (SSSR count). The van der Waals surface area contributed by atoms with E-state index in [1.165, 1.54) is 28.4 Å². The number of hydrogen-bond acceptors (Lipinski definition) is 20. The number of thiazole rings is 1. The molecule has 6 aromatic rings. The number of benzene rings is 3. The number of rotatable bonds is 40. The fraction of sp³-hybridized carbons (Fsp3) is 0.512. The van der Waals surface area contributed by atoms with Crippen LogP contribution in [0.25, 0.3) is 21.3 Å². The van der Waals surface area contributed by atoms with Gasteiger partial charge in [0.05, 0.1) is 46.8 Å². The Morgan fingerprint density at radius 1 is 0.784 bits per heavy atom. The van der Waals surface area contributed by atoms with Gasteiger partial charge in [-0.15, -0.1) is 0 Å². The number of urea groups is 1. The molecule has 4 aliphatic carbocycles. The monoisotopic (exact) mass is 1560 g/mol. The average molecular weight is 1570 g/mol. The van der Waals surface area contributed by atoms with Gasteiger partial charge in [-0.1, -0.05) is 94.0 Å². The lowest BCUT2D eigenvalue weighted by Gasteiger charge is -2.69. The van der Waals surface area contributed by atoms with Gasteiger partial charge in [-0.05, 0) is 152 Å². The predicted octanol–water partition coefficient (Wildman–Crippen LogP) is 9.58. The molecule has 594 valence electrons. The molecule has 0 saturated heterocycles. The highest BCUT2D eigenvalue weighted by Gasteiger charge is 2.66. The third kappa shape index (κ3) is 21.2. The number of aromatic nitrogens is 4. The fourth-order valence-electron chi connectivity index (χ4n) is 18.0. The first kappa shape index (κ1) is 82.1. The van der Waals surface area contributed by atoms with Crippen molar-refractivity contribution >= 4 is 102 Å². The molecule has 6 aliphatic rings. The van der Waals surface area contributed by atoms with Crippen molar-refractivity contribution in [2.45, 2.75) is 169 Å². The highest BCUT2D eigenvalue weighted by atomic mass is 32.2. The lowest BCUT2D eigenvalue weighted by molar-refractivity contribution is -0.248. The van der Waals surface area contributed by atoms with Crippen molar-refractivity contribution in [2.75, 3.05) is 74.9 Å². The number of nitrogens with one attached hydrogen (secondary N) is 3. The largest absolute Gasteiger partial charge is 0.481 e. The Kier molecular flexibility index (Phi) is 26.1. The second-order valence-corrected chi connectivity index (χ2v) is 34.4. The predicted molar refractivity (Wildman–Crippen MR) is 414 cm³/mol. The van der Waals surface area contributed by atoms with Gasteiger partial charge in [0.1, 0.15) is 18.2 Å². The van der Waals surface area contributed by atoms with Crippen molar-refractivity contribution in [1.82, 2.24) is 45.1 Å². The van der Waals surface area contributed by atoms with Crippen molar-refractivity contribution in [2.24, 2.45) is 33.8 Å². The van der Waals surface area contributed by atoms with Crippen LogP contribution in [0, 0.1) is 35.0 Å². The Labute approximate surface area is 649 Å². The van der Waals surface area contributed by atoms with Gasteiger partial charge in [-0.2, -0.15) is 13.5 Å². The number of imide groups is 1. The number of Topliss-reactive ketones (excluding diaryl/α,β-unsaturated/α-hetero) is 2. The zero-order valence-corrected chi connectivity index (χ0v) is 65.1. The van der Waals surface area contributed by atoms with E-state index in [0.717, 1.165) is 64.0 Å². The second kappa shape index (κ2) is 35.3. The van der Waals surface area contributed by atoms with Crippen LogP contribution in [0.1, 0.15) is 166 Å². The number of ketones is 2. The minimum Gasteiger partial charge on any atom is -0.481 e. The molecule has 7 amide bonds. The number of carbonyl (C=O) groups is 10. The van der Waals surface area contributed by atoms with Gasteiger partial charge in [-0.3, -0.25) is 57.9 Å². The molecule has 4 saturated carbocycles. The number of ether oxygens (including phenoxy) is 2. The molecule has 3 aromatic carbocycles. The van der Waals surface area contributed by atoms with Crippen LogP contribution in [0.2, 0.25) is 0 Å². The summed E-state index contributed by atoms with van der Waals surface area (Å²) < 4.78 is 50.3. The van der Waals surface area contributed by atoms with Gasteiger partial charge in [0, 0.05) is 125 Å². The van der Waals surface area contributed by atoms with E-state index in [-0.39, 0.29) is 148 Å². The van der Waals surface area contributed by atoms with Crippen LogP contribution >= 0.6 is 11.3 Å². The summed E-state index contributed by atoms with van der Waals surface area (Å²) >= 11 is 1.40. The summed E-state index contributed by atoms with van der Waals surface area (Å²) in [5, 5.41) is 34.3. The molecular formula is C80H100N12O17S2. The maximum absolute atomic E-state index is 14.0. The highest BCUT2D eigenvalue weighted by Crippen LogP contribution is 2.72. The van der Waals surface area contributed by atoms with E-state index in [2.05, 4.69) is 34.8 Å². The van der Waals surface area contributed by atoms with Crippen LogP contribution in [0.3, 0.4) is 0 Å². The molecule has 31 heteroatoms. The number of aromatic carboxylic acids is 1. The van der Waals surface area contributed by atoms with Crippen LogP contribution in [0.5, 0.6) is 0 Å². The van der Waals surface area contributed by atoms with Crippen molar-refractivity contribution in [1.29, 1.82) is 0 Å². The van der Waals surface area contributed by atoms with E-state index in [9.17, 15) is 71.1 Å². The first-order valence-electron chi connectivity index (χ1n) is 38.0. The highest BCUT2D eigenvalue weighted by molar-refractivity contribution is 7.85. The molecule has 3 aromatic heterocycles. The van der Waals surface area contributed by atoms with Crippen molar-refractivity contribution < 1.29 is 80.6 Å². The molecule has 111 heavy (non-hydrogen) atoms. The molecule has 8 N–H and O–H groups in total. The number of amides is 7. The molecule has 29 nitrogen and oxygen atoms in total. The Morgan fingerprint density at radius 2 is 1.51 bits per heavy atom. The van der Waals surface area contributed by atoms with Crippen LogP contribution in [-0.2, 0) is 80.9 Å². The molecule has 5 heterocycles. The topological polar surface area (TPSA) is 403 Å². The quantitative estimate of drug-likeness (QED) is 0.0107. The molecule has 4 fully saturated rings. The van der Waals surface area contributed by atoms with Crippen LogP contribution in [-0.4, -0.2) is 193 Å². The Balaban J connectivity index is 0.693. The van der Waals surface area contributed by atoms with Gasteiger partial charge in [0.25, 0.3) is 27.8 Å². The number of carbonyl (C=O) groups excluding carboxylic acids is 8. The van der Waals surface area contributed by atoms with E-state index < -0.39 is 69.8 Å². The normalized spacial score (nSPS) is 20.4.